The molecule has 150 valence electrons. The zero-order chi connectivity index (χ0) is 19.7. The first kappa shape index (κ1) is 21.1. The van der Waals surface area contributed by atoms with Gasteiger partial charge in [0.05, 0.1) is 31.8 Å². The van der Waals surface area contributed by atoms with E-state index in [4.69, 9.17) is 14.2 Å². The van der Waals surface area contributed by atoms with Gasteiger partial charge in [0, 0.05) is 6.42 Å². The molecule has 1 fully saturated rings. The summed E-state index contributed by atoms with van der Waals surface area (Å²) in [7, 11) is 1.40. The lowest BCUT2D eigenvalue weighted by Gasteiger charge is -2.40. The van der Waals surface area contributed by atoms with Crippen LogP contribution in [0, 0.1) is 5.92 Å². The van der Waals surface area contributed by atoms with Crippen LogP contribution in [0.5, 0.6) is 11.5 Å². The predicted molar refractivity (Wildman–Crippen MR) is 103 cm³/mol. The summed E-state index contributed by atoms with van der Waals surface area (Å²) in [4.78, 5) is 24.5. The summed E-state index contributed by atoms with van der Waals surface area (Å²) in [5.41, 5.74) is -0.537. The fraction of sp³-hybridized carbons (Fsp3) is 0.619. The molecular weight excluding hydrogens is 346 g/mol. The summed E-state index contributed by atoms with van der Waals surface area (Å²) in [6.07, 6.45) is 4.46. The van der Waals surface area contributed by atoms with E-state index in [1.54, 1.807) is 0 Å². The largest absolute Gasteiger partial charge is 0.490 e. The lowest BCUT2D eigenvalue weighted by Crippen LogP contribution is -2.55. The normalized spacial score (nSPS) is 22.0. The Hall–Kier alpha value is -2.24. The van der Waals surface area contributed by atoms with Crippen LogP contribution in [0.3, 0.4) is 0 Å². The Morgan fingerprint density at radius 1 is 1.19 bits per heavy atom. The molecule has 1 aliphatic rings. The molecule has 0 radical (unpaired) electrons. The summed E-state index contributed by atoms with van der Waals surface area (Å²) >= 11 is 0. The number of para-hydroxylation sites is 2. The van der Waals surface area contributed by atoms with Crippen LogP contribution in [0.4, 0.5) is 0 Å². The molecule has 0 heterocycles. The van der Waals surface area contributed by atoms with Crippen molar-refractivity contribution in [3.8, 4) is 11.5 Å². The highest BCUT2D eigenvalue weighted by molar-refractivity contribution is 5.79. The number of rotatable bonds is 9. The topological polar surface area (TPSA) is 73.9 Å². The van der Waals surface area contributed by atoms with Gasteiger partial charge < -0.3 is 19.5 Å². The van der Waals surface area contributed by atoms with Crippen molar-refractivity contribution in [3.05, 3.63) is 24.3 Å². The van der Waals surface area contributed by atoms with Crippen molar-refractivity contribution in [2.45, 2.75) is 57.9 Å². The third-order valence-corrected chi connectivity index (χ3v) is 5.07. The molecule has 0 aliphatic heterocycles. The Labute approximate surface area is 161 Å². The number of methoxy groups -OCH3 is 1. The minimum atomic E-state index is -0.537. The molecule has 0 bridgehead atoms. The number of amides is 1. The highest BCUT2D eigenvalue weighted by Crippen LogP contribution is 2.34. The van der Waals surface area contributed by atoms with Gasteiger partial charge in [0.15, 0.2) is 11.5 Å². The third kappa shape index (κ3) is 5.88. The number of hydrogen-bond donors (Lipinski definition) is 1. The van der Waals surface area contributed by atoms with Gasteiger partial charge in [-0.1, -0.05) is 25.0 Å². The molecule has 27 heavy (non-hydrogen) atoms. The molecule has 0 saturated heterocycles. The first-order chi connectivity index (χ1) is 13.0. The minimum absolute atomic E-state index is 0.0602. The molecule has 1 saturated carbocycles. The quantitative estimate of drug-likeness (QED) is 0.527. The van der Waals surface area contributed by atoms with Gasteiger partial charge in [0.2, 0.25) is 5.91 Å². The smallest absolute Gasteiger partial charge is 0.311 e. The highest BCUT2D eigenvalue weighted by atomic mass is 16.5. The summed E-state index contributed by atoms with van der Waals surface area (Å²) < 4.78 is 16.2. The third-order valence-electron chi connectivity index (χ3n) is 5.07. The second kappa shape index (κ2) is 10.2. The van der Waals surface area contributed by atoms with Crippen LogP contribution in [-0.2, 0) is 14.3 Å². The van der Waals surface area contributed by atoms with E-state index in [9.17, 15) is 9.59 Å². The van der Waals surface area contributed by atoms with Crippen LogP contribution in [-0.4, -0.2) is 37.7 Å². The molecule has 1 aromatic rings. The van der Waals surface area contributed by atoms with Crippen LogP contribution in [0.15, 0.2) is 24.3 Å². The van der Waals surface area contributed by atoms with Crippen LogP contribution in [0.25, 0.3) is 0 Å². The van der Waals surface area contributed by atoms with Gasteiger partial charge in [-0.2, -0.15) is 0 Å². The number of hydrogen-bond acceptors (Lipinski definition) is 5. The molecule has 1 aliphatic carbocycles. The molecule has 2 rings (SSSR count). The van der Waals surface area contributed by atoms with E-state index in [0.717, 1.165) is 25.7 Å². The zero-order valence-electron chi connectivity index (χ0n) is 16.6. The number of carbonyl (C=O) groups excluding carboxylic acids is 2. The van der Waals surface area contributed by atoms with E-state index in [1.807, 2.05) is 38.1 Å². The van der Waals surface area contributed by atoms with Crippen molar-refractivity contribution in [2.75, 3.05) is 20.3 Å². The Balaban J connectivity index is 1.81. The average Bonchev–Trinajstić information content (AvgIpc) is 2.66. The van der Waals surface area contributed by atoms with Crippen molar-refractivity contribution in [1.82, 2.24) is 5.32 Å². The Morgan fingerprint density at radius 3 is 2.56 bits per heavy atom. The number of nitrogens with one attached hydrogen (secondary N) is 1. The fourth-order valence-electron chi connectivity index (χ4n) is 3.64. The van der Waals surface area contributed by atoms with E-state index >= 15 is 0 Å². The molecule has 2 atom stereocenters. The molecule has 0 aromatic heterocycles. The molecule has 6 nitrogen and oxygen atoms in total. The SMILES string of the molecule is CCOc1ccccc1OCCCC(=O)NC1(C)CCCCC1C(=O)OC. The minimum Gasteiger partial charge on any atom is -0.490 e. The van der Waals surface area contributed by atoms with Gasteiger partial charge >= 0.3 is 5.97 Å². The second-order valence-corrected chi connectivity index (χ2v) is 7.12. The van der Waals surface area contributed by atoms with Crippen molar-refractivity contribution < 1.29 is 23.8 Å². The van der Waals surface area contributed by atoms with E-state index < -0.39 is 5.54 Å². The van der Waals surface area contributed by atoms with Crippen molar-refractivity contribution in [3.63, 3.8) is 0 Å². The van der Waals surface area contributed by atoms with Crippen molar-refractivity contribution in [1.29, 1.82) is 0 Å². The average molecular weight is 377 g/mol. The first-order valence-corrected chi connectivity index (χ1v) is 9.73. The van der Waals surface area contributed by atoms with E-state index in [-0.39, 0.29) is 17.8 Å². The lowest BCUT2D eigenvalue weighted by atomic mass is 9.73. The number of carbonyl (C=O) groups is 2. The number of esters is 1. The van der Waals surface area contributed by atoms with Gasteiger partial charge in [0.25, 0.3) is 0 Å². The molecule has 1 amide bonds. The van der Waals surface area contributed by atoms with Crippen molar-refractivity contribution in [2.24, 2.45) is 5.92 Å². The summed E-state index contributed by atoms with van der Waals surface area (Å²) in [5.74, 6) is 0.808. The molecular formula is C21H31NO5. The Morgan fingerprint density at radius 2 is 1.89 bits per heavy atom. The standard InChI is InChI=1S/C21H31NO5/c1-4-26-17-11-5-6-12-18(17)27-15-9-13-19(23)22-21(2)14-8-7-10-16(21)20(24)25-3/h5-6,11-12,16H,4,7-10,13-15H2,1-3H3,(H,22,23). The van der Waals surface area contributed by atoms with Crippen LogP contribution >= 0.6 is 0 Å². The van der Waals surface area contributed by atoms with E-state index in [2.05, 4.69) is 5.32 Å². The van der Waals surface area contributed by atoms with Gasteiger partial charge in [0.1, 0.15) is 0 Å². The predicted octanol–water partition coefficient (Wildman–Crippen LogP) is 3.48. The van der Waals surface area contributed by atoms with Crippen LogP contribution < -0.4 is 14.8 Å². The Kier molecular flexibility index (Phi) is 7.95. The number of ether oxygens (including phenoxy) is 3. The van der Waals surface area contributed by atoms with Gasteiger partial charge in [-0.05, 0) is 45.2 Å². The Bertz CT molecular complexity index is 633. The maximum atomic E-state index is 12.4. The number of benzene rings is 1. The summed E-state index contributed by atoms with van der Waals surface area (Å²) in [5, 5.41) is 3.07. The first-order valence-electron chi connectivity index (χ1n) is 9.73. The highest BCUT2D eigenvalue weighted by Gasteiger charge is 2.42. The van der Waals surface area contributed by atoms with Gasteiger partial charge in [-0.3, -0.25) is 9.59 Å². The maximum Gasteiger partial charge on any atom is 0.311 e. The summed E-state index contributed by atoms with van der Waals surface area (Å²) in [6.45, 7) is 4.87. The fourth-order valence-corrected chi connectivity index (χ4v) is 3.64. The molecule has 6 heteroatoms. The van der Waals surface area contributed by atoms with Crippen LogP contribution in [0.1, 0.15) is 52.4 Å². The zero-order valence-corrected chi connectivity index (χ0v) is 16.6. The van der Waals surface area contributed by atoms with E-state index in [1.165, 1.54) is 7.11 Å². The maximum absolute atomic E-state index is 12.4. The lowest BCUT2D eigenvalue weighted by molar-refractivity contribution is -0.150. The van der Waals surface area contributed by atoms with Crippen LogP contribution in [0.2, 0.25) is 0 Å². The molecule has 1 aromatic carbocycles. The second-order valence-electron chi connectivity index (χ2n) is 7.12. The summed E-state index contributed by atoms with van der Waals surface area (Å²) in [6, 6.07) is 7.51. The molecule has 2 unspecified atom stereocenters. The van der Waals surface area contributed by atoms with E-state index in [0.29, 0.717) is 37.6 Å². The molecule has 1 N–H and O–H groups in total. The monoisotopic (exact) mass is 377 g/mol. The molecule has 0 spiro atoms. The van der Waals surface area contributed by atoms with Gasteiger partial charge in [-0.15, -0.1) is 0 Å². The van der Waals surface area contributed by atoms with Gasteiger partial charge in [-0.25, -0.2) is 0 Å². The van der Waals surface area contributed by atoms with Crippen molar-refractivity contribution >= 4 is 11.9 Å².